The molecule has 3 aromatic carbocycles. The Hall–Kier alpha value is -2.98. The molecule has 3 rings (SSSR count). The van der Waals surface area contributed by atoms with Gasteiger partial charge in [-0.25, -0.2) is 0 Å². The Morgan fingerprint density at radius 2 is 1.56 bits per heavy atom. The molecule has 0 aromatic heterocycles. The number of benzene rings is 3. The van der Waals surface area contributed by atoms with E-state index < -0.39 is 0 Å². The van der Waals surface area contributed by atoms with Gasteiger partial charge in [0.15, 0.2) is 10.9 Å². The second-order valence-corrected chi connectivity index (χ2v) is 10.8. The summed E-state index contributed by atoms with van der Waals surface area (Å²) in [6, 6.07) is 22.0. The van der Waals surface area contributed by atoms with Crippen molar-refractivity contribution < 1.29 is 4.79 Å². The Balaban J connectivity index is 1.74. The van der Waals surface area contributed by atoms with Crippen LogP contribution in [0.5, 0.6) is 0 Å². The average Bonchev–Trinajstić information content (AvgIpc) is 2.77. The number of carbonyl (C=O) groups excluding carboxylic acids is 1. The summed E-state index contributed by atoms with van der Waals surface area (Å²) in [4.78, 5) is 13.1. The predicted molar refractivity (Wildman–Crippen MR) is 148 cm³/mol. The molecule has 0 fully saturated rings. The number of aryl methyl sites for hydroxylation is 2. The van der Waals surface area contributed by atoms with Gasteiger partial charge in [-0.3, -0.25) is 4.79 Å². The van der Waals surface area contributed by atoms with Crippen LogP contribution in [0.3, 0.4) is 0 Å². The van der Waals surface area contributed by atoms with Crippen molar-refractivity contribution >= 4 is 28.8 Å². The highest BCUT2D eigenvalue weighted by atomic mass is 32.1. The summed E-state index contributed by atoms with van der Waals surface area (Å²) < 4.78 is 0. The van der Waals surface area contributed by atoms with E-state index in [0.29, 0.717) is 22.2 Å². The maximum absolute atomic E-state index is 13.1. The van der Waals surface area contributed by atoms with Crippen LogP contribution >= 0.6 is 12.2 Å². The maximum atomic E-state index is 13.1. The van der Waals surface area contributed by atoms with Gasteiger partial charge < -0.3 is 10.6 Å². The highest BCUT2D eigenvalue weighted by Crippen LogP contribution is 2.26. The summed E-state index contributed by atoms with van der Waals surface area (Å²) in [7, 11) is 0. The van der Waals surface area contributed by atoms with Crippen molar-refractivity contribution in [1.82, 2.24) is 5.32 Å². The van der Waals surface area contributed by atoms with Crippen LogP contribution in [0.25, 0.3) is 0 Å². The first-order chi connectivity index (χ1) is 16.0. The molecule has 2 N–H and O–H groups in total. The zero-order chi connectivity index (χ0) is 25.0. The molecule has 0 aliphatic heterocycles. The third kappa shape index (κ3) is 6.32. The highest BCUT2D eigenvalue weighted by Gasteiger charge is 2.19. The van der Waals surface area contributed by atoms with Gasteiger partial charge in [-0.05, 0) is 66.2 Å². The quantitative estimate of drug-likeness (QED) is 0.288. The zero-order valence-corrected chi connectivity index (χ0v) is 22.1. The van der Waals surface area contributed by atoms with Gasteiger partial charge in [0.2, 0.25) is 0 Å². The molecule has 178 valence electrons. The number of hydrogen-bond acceptors (Lipinski definition) is 2. The van der Waals surface area contributed by atoms with Crippen molar-refractivity contribution in [3.8, 4) is 0 Å². The lowest BCUT2D eigenvalue weighted by molar-refractivity contribution is 0.103. The summed E-state index contributed by atoms with van der Waals surface area (Å²) in [6.45, 7) is 15.1. The van der Waals surface area contributed by atoms with Crippen LogP contribution in [0.15, 0.2) is 66.7 Å². The lowest BCUT2D eigenvalue weighted by atomic mass is 9.86. The first-order valence-corrected chi connectivity index (χ1v) is 12.3. The molecule has 34 heavy (non-hydrogen) atoms. The van der Waals surface area contributed by atoms with E-state index in [-0.39, 0.29) is 17.2 Å². The molecule has 1 atom stereocenters. The topological polar surface area (TPSA) is 41.1 Å². The molecule has 3 nitrogen and oxygen atoms in total. The molecule has 0 bridgehead atoms. The van der Waals surface area contributed by atoms with E-state index in [2.05, 4.69) is 77.3 Å². The molecule has 0 saturated heterocycles. The number of thiocarbonyl (C=S) groups is 1. The largest absolute Gasteiger partial charge is 0.355 e. The molecule has 0 radical (unpaired) electrons. The van der Waals surface area contributed by atoms with Gasteiger partial charge in [0, 0.05) is 16.8 Å². The summed E-state index contributed by atoms with van der Waals surface area (Å²) in [5.41, 5.74) is 7.10. The molecular weight excluding hydrogens is 436 g/mol. The molecule has 0 spiro atoms. The van der Waals surface area contributed by atoms with Gasteiger partial charge >= 0.3 is 0 Å². The lowest BCUT2D eigenvalue weighted by Gasteiger charge is -2.26. The van der Waals surface area contributed by atoms with Crippen molar-refractivity contribution in [3.63, 3.8) is 0 Å². The third-order valence-electron chi connectivity index (χ3n) is 6.11. The molecule has 0 saturated carbocycles. The van der Waals surface area contributed by atoms with Crippen molar-refractivity contribution in [3.05, 3.63) is 100 Å². The van der Waals surface area contributed by atoms with Gasteiger partial charge in [-0.2, -0.15) is 0 Å². The minimum atomic E-state index is -0.00155. The Morgan fingerprint density at radius 3 is 2.15 bits per heavy atom. The first-order valence-electron chi connectivity index (χ1n) is 11.9. The first kappa shape index (κ1) is 25.6. The number of rotatable bonds is 6. The Morgan fingerprint density at radius 1 is 0.882 bits per heavy atom. The fourth-order valence-corrected chi connectivity index (χ4v) is 4.36. The van der Waals surface area contributed by atoms with E-state index >= 15 is 0 Å². The Kier molecular flexibility index (Phi) is 7.93. The van der Waals surface area contributed by atoms with Crippen molar-refractivity contribution in [2.75, 3.05) is 5.32 Å². The minimum absolute atomic E-state index is 0.00155. The second kappa shape index (κ2) is 10.5. The van der Waals surface area contributed by atoms with E-state index in [4.69, 9.17) is 12.2 Å². The zero-order valence-electron chi connectivity index (χ0n) is 21.3. The van der Waals surface area contributed by atoms with Gasteiger partial charge in [-0.15, -0.1) is 0 Å². The number of carbonyl (C=O) groups is 1. The summed E-state index contributed by atoms with van der Waals surface area (Å²) in [5, 5.41) is 7.29. The van der Waals surface area contributed by atoms with Crippen LogP contribution in [-0.4, -0.2) is 10.9 Å². The SMILES string of the molecule is Cc1ccc(C(NC(=S)Nc2cccc(C(=O)c3ccc(C(C)(C)C)cc3)c2)C(C)C)c(C)c1. The molecule has 3 aromatic rings. The molecule has 0 aliphatic carbocycles. The van der Waals surface area contributed by atoms with Crippen LogP contribution in [-0.2, 0) is 5.41 Å². The van der Waals surface area contributed by atoms with Crippen molar-refractivity contribution in [1.29, 1.82) is 0 Å². The lowest BCUT2D eigenvalue weighted by Crippen LogP contribution is -2.35. The Labute approximate surface area is 210 Å². The van der Waals surface area contributed by atoms with E-state index in [1.165, 1.54) is 22.3 Å². The standard InChI is InChI=1S/C30H36N2OS/c1-19(2)27(26-16-11-20(3)17-21(26)4)32-29(34)31-25-10-8-9-23(18-25)28(33)22-12-14-24(15-13-22)30(5,6)7/h8-19,27H,1-7H3,(H2,31,32,34). The van der Waals surface area contributed by atoms with Crippen LogP contribution in [0, 0.1) is 19.8 Å². The molecule has 4 heteroatoms. The van der Waals surface area contributed by atoms with Crippen LogP contribution in [0.2, 0.25) is 0 Å². The normalized spacial score (nSPS) is 12.4. The van der Waals surface area contributed by atoms with Gasteiger partial charge in [0.25, 0.3) is 0 Å². The van der Waals surface area contributed by atoms with Gasteiger partial charge in [-0.1, -0.05) is 94.8 Å². The number of nitrogens with one attached hydrogen (secondary N) is 2. The van der Waals surface area contributed by atoms with Crippen LogP contribution < -0.4 is 10.6 Å². The Bertz CT molecular complexity index is 1170. The summed E-state index contributed by atoms with van der Waals surface area (Å²) >= 11 is 5.64. The van der Waals surface area contributed by atoms with Crippen LogP contribution in [0.1, 0.15) is 78.8 Å². The highest BCUT2D eigenvalue weighted by molar-refractivity contribution is 7.80. The smallest absolute Gasteiger partial charge is 0.193 e. The monoisotopic (exact) mass is 472 g/mol. The van der Waals surface area contributed by atoms with Gasteiger partial charge in [0.05, 0.1) is 6.04 Å². The van der Waals surface area contributed by atoms with Crippen molar-refractivity contribution in [2.24, 2.45) is 5.92 Å². The molecule has 0 aliphatic rings. The van der Waals surface area contributed by atoms with E-state index in [9.17, 15) is 4.79 Å². The minimum Gasteiger partial charge on any atom is -0.355 e. The molecule has 0 amide bonds. The molecule has 1 unspecified atom stereocenters. The van der Waals surface area contributed by atoms with Gasteiger partial charge in [0.1, 0.15) is 0 Å². The van der Waals surface area contributed by atoms with E-state index in [1.54, 1.807) is 0 Å². The fraction of sp³-hybridized carbons (Fsp3) is 0.333. The third-order valence-corrected chi connectivity index (χ3v) is 6.33. The number of anilines is 1. The molecular formula is C30H36N2OS. The van der Waals surface area contributed by atoms with Crippen molar-refractivity contribution in [2.45, 2.75) is 59.9 Å². The average molecular weight is 473 g/mol. The molecule has 0 heterocycles. The number of hydrogen-bond donors (Lipinski definition) is 2. The number of ketones is 1. The second-order valence-electron chi connectivity index (χ2n) is 10.4. The van der Waals surface area contributed by atoms with E-state index in [0.717, 1.165) is 5.69 Å². The summed E-state index contributed by atoms with van der Waals surface area (Å²) in [6.07, 6.45) is 0. The predicted octanol–water partition coefficient (Wildman–Crippen LogP) is 7.52. The fourth-order valence-electron chi connectivity index (χ4n) is 4.11. The summed E-state index contributed by atoms with van der Waals surface area (Å²) in [5.74, 6) is 0.350. The van der Waals surface area contributed by atoms with Crippen LogP contribution in [0.4, 0.5) is 5.69 Å². The van der Waals surface area contributed by atoms with E-state index in [1.807, 2.05) is 48.5 Å². The maximum Gasteiger partial charge on any atom is 0.193 e.